The first-order valence-corrected chi connectivity index (χ1v) is 9.93. The van der Waals surface area contributed by atoms with Gasteiger partial charge in [0.25, 0.3) is 0 Å². The largest absolute Gasteiger partial charge is 0.444 e. The Hall–Kier alpha value is -3.29. The average molecular weight is 409 g/mol. The van der Waals surface area contributed by atoms with Gasteiger partial charge in [-0.3, -0.25) is 9.55 Å². The lowest BCUT2D eigenvalue weighted by atomic mass is 9.79. The van der Waals surface area contributed by atoms with E-state index in [1.807, 2.05) is 39.0 Å². The molecule has 0 atom stereocenters. The van der Waals surface area contributed by atoms with E-state index in [1.165, 1.54) is 6.07 Å². The van der Waals surface area contributed by atoms with Gasteiger partial charge in [0.05, 0.1) is 5.69 Å². The molecule has 1 aliphatic rings. The number of rotatable bonds is 4. The maximum Gasteiger partial charge on any atom is 0.407 e. The zero-order chi connectivity index (χ0) is 21.3. The van der Waals surface area contributed by atoms with Crippen LogP contribution in [0.15, 0.2) is 48.7 Å². The molecule has 30 heavy (non-hydrogen) atoms. The molecule has 1 fully saturated rings. The number of nitrogens with one attached hydrogen (secondary N) is 1. The molecule has 0 bridgehead atoms. The third-order valence-electron chi connectivity index (χ3n) is 4.90. The lowest BCUT2D eigenvalue weighted by Gasteiger charge is -2.35. The third kappa shape index (κ3) is 4.17. The fourth-order valence-electron chi connectivity index (χ4n) is 3.51. The predicted molar refractivity (Wildman–Crippen MR) is 110 cm³/mol. The fraction of sp³-hybridized carbons (Fsp3) is 0.364. The van der Waals surface area contributed by atoms with Gasteiger partial charge in [0.2, 0.25) is 0 Å². The lowest BCUT2D eigenvalue weighted by molar-refractivity contribution is 0.0469. The number of para-hydroxylation sites is 1. The number of hydrogen-bond donors (Lipinski definition) is 1. The smallest absolute Gasteiger partial charge is 0.407 e. The summed E-state index contributed by atoms with van der Waals surface area (Å²) in [6.07, 6.45) is 2.58. The van der Waals surface area contributed by atoms with Crippen molar-refractivity contribution in [2.75, 3.05) is 0 Å². The Labute approximate surface area is 174 Å². The van der Waals surface area contributed by atoms with E-state index in [9.17, 15) is 9.18 Å². The van der Waals surface area contributed by atoms with E-state index in [0.717, 1.165) is 0 Å². The zero-order valence-electron chi connectivity index (χ0n) is 17.2. The van der Waals surface area contributed by atoms with Gasteiger partial charge in [-0.05, 0) is 57.9 Å². The molecule has 1 amide bonds. The molecule has 3 aromatic rings. The van der Waals surface area contributed by atoms with Crippen LogP contribution in [0, 0.1) is 5.82 Å². The minimum atomic E-state index is -0.546. The van der Waals surface area contributed by atoms with Crippen molar-refractivity contribution in [1.29, 1.82) is 0 Å². The summed E-state index contributed by atoms with van der Waals surface area (Å²) >= 11 is 0. The molecule has 0 aliphatic heterocycles. The highest BCUT2D eigenvalue weighted by molar-refractivity contribution is 5.68. The number of hydrogen-bond acceptors (Lipinski definition) is 5. The highest BCUT2D eigenvalue weighted by Crippen LogP contribution is 2.38. The molecule has 0 unspecified atom stereocenters. The zero-order valence-corrected chi connectivity index (χ0v) is 17.2. The Bertz CT molecular complexity index is 1040. The van der Waals surface area contributed by atoms with Crippen LogP contribution < -0.4 is 5.32 Å². The van der Waals surface area contributed by atoms with E-state index in [2.05, 4.69) is 20.5 Å². The van der Waals surface area contributed by atoms with Gasteiger partial charge in [0.1, 0.15) is 22.9 Å². The first-order valence-electron chi connectivity index (χ1n) is 9.93. The maximum atomic E-state index is 14.6. The number of carbonyl (C=O) groups is 1. The molecular weight excluding hydrogens is 385 g/mol. The molecule has 0 saturated heterocycles. The van der Waals surface area contributed by atoms with Gasteiger partial charge in [0, 0.05) is 18.2 Å². The third-order valence-corrected chi connectivity index (χ3v) is 4.90. The molecule has 8 heteroatoms. The number of nitrogens with zero attached hydrogens (tertiary/aromatic N) is 4. The fourth-order valence-corrected chi connectivity index (χ4v) is 3.51. The average Bonchev–Trinajstić information content (AvgIpc) is 3.08. The number of carbonyl (C=O) groups excluding carboxylic acids is 1. The van der Waals surface area contributed by atoms with Crippen LogP contribution in [0.2, 0.25) is 0 Å². The second-order valence-corrected chi connectivity index (χ2v) is 8.40. The number of halogens is 1. The molecule has 156 valence electrons. The Morgan fingerprint density at radius 1 is 1.13 bits per heavy atom. The van der Waals surface area contributed by atoms with Crippen molar-refractivity contribution >= 4 is 6.09 Å². The minimum Gasteiger partial charge on any atom is -0.444 e. The monoisotopic (exact) mass is 409 g/mol. The number of aromatic nitrogens is 4. The summed E-state index contributed by atoms with van der Waals surface area (Å²) in [6.45, 7) is 5.48. The lowest BCUT2D eigenvalue weighted by Crippen LogP contribution is -2.45. The van der Waals surface area contributed by atoms with E-state index in [-0.39, 0.29) is 17.8 Å². The van der Waals surface area contributed by atoms with E-state index in [4.69, 9.17) is 4.74 Å². The van der Waals surface area contributed by atoms with Gasteiger partial charge in [-0.1, -0.05) is 18.2 Å². The van der Waals surface area contributed by atoms with E-state index in [1.54, 1.807) is 29.0 Å². The molecule has 2 heterocycles. The van der Waals surface area contributed by atoms with Crippen LogP contribution in [0.3, 0.4) is 0 Å². The van der Waals surface area contributed by atoms with Crippen molar-refractivity contribution in [3.63, 3.8) is 0 Å². The van der Waals surface area contributed by atoms with Gasteiger partial charge in [-0.25, -0.2) is 9.18 Å². The first kappa shape index (κ1) is 20.0. The van der Waals surface area contributed by atoms with Gasteiger partial charge in [-0.2, -0.15) is 0 Å². The predicted octanol–water partition coefficient (Wildman–Crippen LogP) is 4.24. The number of benzene rings is 1. The molecule has 7 nitrogen and oxygen atoms in total. The normalized spacial score (nSPS) is 18.5. The summed E-state index contributed by atoms with van der Waals surface area (Å²) in [7, 11) is 0. The van der Waals surface area contributed by atoms with Crippen LogP contribution in [0.5, 0.6) is 0 Å². The number of amides is 1. The van der Waals surface area contributed by atoms with Crippen LogP contribution in [0.4, 0.5) is 9.18 Å². The van der Waals surface area contributed by atoms with Gasteiger partial charge < -0.3 is 10.1 Å². The Kier molecular flexibility index (Phi) is 5.24. The molecule has 2 aromatic heterocycles. The van der Waals surface area contributed by atoms with E-state index in [0.29, 0.717) is 35.9 Å². The molecule has 1 aromatic carbocycles. The van der Waals surface area contributed by atoms with Crippen molar-refractivity contribution in [1.82, 2.24) is 25.1 Å². The quantitative estimate of drug-likeness (QED) is 0.697. The number of pyridine rings is 1. The number of ether oxygens (including phenoxy) is 1. The second kappa shape index (κ2) is 7.85. The standard InChI is InChI=1S/C22H24FN5O2/c1-22(2,3)30-21(29)25-15-12-14(13-15)19-26-27-20(17-9-6-7-11-24-17)28(19)18-10-5-4-8-16(18)23/h4-11,14-15H,12-13H2,1-3H3,(H,25,29). The Balaban J connectivity index is 1.59. The van der Waals surface area contributed by atoms with Crippen molar-refractivity contribution in [2.45, 2.75) is 51.2 Å². The summed E-state index contributed by atoms with van der Waals surface area (Å²) in [4.78, 5) is 16.4. The van der Waals surface area contributed by atoms with Crippen LogP contribution in [-0.2, 0) is 4.74 Å². The Morgan fingerprint density at radius 2 is 1.87 bits per heavy atom. The summed E-state index contributed by atoms with van der Waals surface area (Å²) in [6, 6.07) is 12.0. The molecule has 0 spiro atoms. The minimum absolute atomic E-state index is 0.0195. The highest BCUT2D eigenvalue weighted by atomic mass is 19.1. The molecule has 4 rings (SSSR count). The summed E-state index contributed by atoms with van der Waals surface area (Å²) in [5.74, 6) is 0.815. The van der Waals surface area contributed by atoms with Gasteiger partial charge in [0.15, 0.2) is 5.82 Å². The molecule has 1 N–H and O–H groups in total. The number of alkyl carbamates (subject to hydrolysis) is 1. The molecule has 1 saturated carbocycles. The van der Waals surface area contributed by atoms with Crippen LogP contribution in [-0.4, -0.2) is 37.5 Å². The van der Waals surface area contributed by atoms with Gasteiger partial charge >= 0.3 is 6.09 Å². The van der Waals surface area contributed by atoms with E-state index < -0.39 is 11.7 Å². The molecule has 1 aliphatic carbocycles. The summed E-state index contributed by atoms with van der Waals surface area (Å²) < 4.78 is 21.7. The van der Waals surface area contributed by atoms with Crippen LogP contribution >= 0.6 is 0 Å². The van der Waals surface area contributed by atoms with Crippen molar-refractivity contribution in [3.05, 3.63) is 60.3 Å². The maximum absolute atomic E-state index is 14.6. The summed E-state index contributed by atoms with van der Waals surface area (Å²) in [5.41, 5.74) is 0.444. The van der Waals surface area contributed by atoms with Gasteiger partial charge in [-0.15, -0.1) is 10.2 Å². The SMILES string of the molecule is CC(C)(C)OC(=O)NC1CC(c2nnc(-c3ccccn3)n2-c2ccccc2F)C1. The van der Waals surface area contributed by atoms with Crippen LogP contribution in [0.1, 0.15) is 45.4 Å². The van der Waals surface area contributed by atoms with Crippen molar-refractivity contribution < 1.29 is 13.9 Å². The van der Waals surface area contributed by atoms with Crippen molar-refractivity contribution in [3.8, 4) is 17.2 Å². The van der Waals surface area contributed by atoms with E-state index >= 15 is 0 Å². The highest BCUT2D eigenvalue weighted by Gasteiger charge is 2.37. The molecular formula is C22H24FN5O2. The Morgan fingerprint density at radius 3 is 2.53 bits per heavy atom. The van der Waals surface area contributed by atoms with Crippen molar-refractivity contribution in [2.24, 2.45) is 0 Å². The summed E-state index contributed by atoms with van der Waals surface area (Å²) in [5, 5.41) is 11.6. The topological polar surface area (TPSA) is 81.9 Å². The second-order valence-electron chi connectivity index (χ2n) is 8.40. The first-order chi connectivity index (χ1) is 14.3. The molecule has 0 radical (unpaired) electrons. The van der Waals surface area contributed by atoms with Crippen LogP contribution in [0.25, 0.3) is 17.2 Å².